The molecule has 3 heterocycles. The predicted octanol–water partition coefficient (Wildman–Crippen LogP) is 7.10. The molecule has 0 amide bonds. The quantitative estimate of drug-likeness (QED) is 0.241. The van der Waals surface area contributed by atoms with Gasteiger partial charge in [-0.2, -0.15) is 5.26 Å². The van der Waals surface area contributed by atoms with Crippen molar-refractivity contribution < 1.29 is 0 Å². The van der Waals surface area contributed by atoms with Gasteiger partial charge in [0.05, 0.1) is 22.6 Å². The van der Waals surface area contributed by atoms with Crippen LogP contribution in [0, 0.1) is 11.3 Å². The molecule has 2 aromatic heterocycles. The van der Waals surface area contributed by atoms with E-state index in [1.807, 2.05) is 24.3 Å². The lowest BCUT2D eigenvalue weighted by molar-refractivity contribution is 0.212. The lowest BCUT2D eigenvalue weighted by atomic mass is 9.96. The largest absolute Gasteiger partial charge is 0.351 e. The van der Waals surface area contributed by atoms with Crippen LogP contribution in [0.3, 0.4) is 0 Å². The maximum Gasteiger partial charge on any atom is 0.175 e. The number of para-hydroxylation sites is 2. The lowest BCUT2D eigenvalue weighted by Crippen LogP contribution is -2.48. The fourth-order valence-corrected chi connectivity index (χ4v) is 7.49. The van der Waals surface area contributed by atoms with Gasteiger partial charge in [-0.15, -0.1) is 11.3 Å². The van der Waals surface area contributed by atoms with E-state index in [1.54, 1.807) is 11.3 Å². The van der Waals surface area contributed by atoms with Crippen molar-refractivity contribution in [1.29, 1.82) is 5.26 Å². The number of benzene rings is 3. The summed E-state index contributed by atoms with van der Waals surface area (Å²) in [5, 5.41) is 14.6. The highest BCUT2D eigenvalue weighted by Crippen LogP contribution is 2.40. The molecular weight excluding hydrogens is 524 g/mol. The maximum atomic E-state index is 10.1. The van der Waals surface area contributed by atoms with Crippen LogP contribution in [0.25, 0.3) is 11.0 Å². The van der Waals surface area contributed by atoms with Crippen LogP contribution in [0.2, 0.25) is 0 Å². The van der Waals surface area contributed by atoms with E-state index < -0.39 is 0 Å². The van der Waals surface area contributed by atoms with Crippen LogP contribution in [0.5, 0.6) is 0 Å². The van der Waals surface area contributed by atoms with Crippen LogP contribution >= 0.6 is 11.3 Å². The summed E-state index contributed by atoms with van der Waals surface area (Å²) in [4.78, 5) is 16.4. The molecule has 1 aliphatic heterocycles. The molecule has 1 aliphatic carbocycles. The van der Waals surface area contributed by atoms with E-state index in [2.05, 4.69) is 81.8 Å². The standard InChI is InChI=1S/C34H32N6S/c35-23-27-26-15-7-10-18-30(26)41-34(27)38-32-33(37-29-17-9-8-16-28(29)36-32)40-21-19-39(20-22-40)31(24-11-3-1-4-12-24)25-13-5-2-6-14-25/h1-6,8-9,11-14,16-17,31H,7,10,15,18-22H2,(H,36,38). The van der Waals surface area contributed by atoms with Crippen LogP contribution in [-0.4, -0.2) is 41.0 Å². The Morgan fingerprint density at radius 2 is 1.37 bits per heavy atom. The fraction of sp³-hybridized carbons (Fsp3) is 0.265. The van der Waals surface area contributed by atoms with Gasteiger partial charge in [-0.3, -0.25) is 4.90 Å². The molecule has 41 heavy (non-hydrogen) atoms. The molecule has 1 N–H and O–H groups in total. The highest BCUT2D eigenvalue weighted by molar-refractivity contribution is 7.16. The van der Waals surface area contributed by atoms with Crippen molar-refractivity contribution in [3.63, 3.8) is 0 Å². The summed E-state index contributed by atoms with van der Waals surface area (Å²) in [5.74, 6) is 1.59. The number of aromatic nitrogens is 2. The molecular formula is C34H32N6S. The molecule has 0 unspecified atom stereocenters. The Labute approximate surface area is 244 Å². The Balaban J connectivity index is 1.20. The third-order valence-corrected chi connectivity index (χ3v) is 9.48. The summed E-state index contributed by atoms with van der Waals surface area (Å²) in [5.41, 5.74) is 6.36. The summed E-state index contributed by atoms with van der Waals surface area (Å²) in [6, 6.07) is 32.3. The molecule has 2 aliphatic rings. The number of piperazine rings is 1. The molecule has 0 saturated carbocycles. The van der Waals surface area contributed by atoms with E-state index in [1.165, 1.54) is 28.0 Å². The van der Waals surface area contributed by atoms with E-state index in [-0.39, 0.29) is 6.04 Å². The maximum absolute atomic E-state index is 10.1. The van der Waals surface area contributed by atoms with Gasteiger partial charge in [0.25, 0.3) is 0 Å². The van der Waals surface area contributed by atoms with Crippen molar-refractivity contribution in [3.05, 3.63) is 112 Å². The summed E-state index contributed by atoms with van der Waals surface area (Å²) in [6.45, 7) is 3.48. The summed E-state index contributed by atoms with van der Waals surface area (Å²) >= 11 is 1.71. The highest BCUT2D eigenvalue weighted by Gasteiger charge is 2.29. The van der Waals surface area contributed by atoms with Gasteiger partial charge in [-0.25, -0.2) is 9.97 Å². The predicted molar refractivity (Wildman–Crippen MR) is 167 cm³/mol. The second-order valence-corrected chi connectivity index (χ2v) is 11.9. The van der Waals surface area contributed by atoms with Crippen LogP contribution in [0.4, 0.5) is 16.6 Å². The molecule has 1 saturated heterocycles. The first kappa shape index (κ1) is 25.7. The third-order valence-electron chi connectivity index (χ3n) is 8.28. The van der Waals surface area contributed by atoms with Crippen molar-refractivity contribution >= 4 is 39.0 Å². The molecule has 7 heteroatoms. The number of hydrogen-bond acceptors (Lipinski definition) is 7. The monoisotopic (exact) mass is 556 g/mol. The molecule has 5 aromatic rings. The second-order valence-electron chi connectivity index (χ2n) is 10.8. The van der Waals surface area contributed by atoms with Crippen molar-refractivity contribution in [3.8, 4) is 6.07 Å². The molecule has 1 fully saturated rings. The average Bonchev–Trinajstić information content (AvgIpc) is 3.39. The van der Waals surface area contributed by atoms with E-state index in [0.29, 0.717) is 0 Å². The minimum absolute atomic E-state index is 0.204. The third kappa shape index (κ3) is 5.06. The molecule has 0 radical (unpaired) electrons. The minimum Gasteiger partial charge on any atom is -0.351 e. The number of nitriles is 1. The Hall–Kier alpha value is -4.25. The fourth-order valence-electron chi connectivity index (χ4n) is 6.25. The highest BCUT2D eigenvalue weighted by atomic mass is 32.1. The van der Waals surface area contributed by atoms with Gasteiger partial charge in [-0.1, -0.05) is 72.8 Å². The number of hydrogen-bond donors (Lipinski definition) is 1. The number of nitrogens with one attached hydrogen (secondary N) is 1. The Bertz CT molecular complexity index is 1660. The zero-order valence-corrected chi connectivity index (χ0v) is 23.8. The molecule has 0 bridgehead atoms. The lowest BCUT2D eigenvalue weighted by Gasteiger charge is -2.40. The summed E-state index contributed by atoms with van der Waals surface area (Å²) in [7, 11) is 0. The normalized spacial score (nSPS) is 15.6. The zero-order valence-electron chi connectivity index (χ0n) is 23.0. The average molecular weight is 557 g/mol. The Morgan fingerprint density at radius 1 is 0.756 bits per heavy atom. The Kier molecular flexibility index (Phi) is 7.10. The number of anilines is 3. The smallest absolute Gasteiger partial charge is 0.175 e. The molecule has 3 aromatic carbocycles. The minimum atomic E-state index is 0.204. The van der Waals surface area contributed by atoms with Crippen molar-refractivity contribution in [2.24, 2.45) is 0 Å². The molecule has 204 valence electrons. The first-order valence-corrected chi connectivity index (χ1v) is 15.3. The number of fused-ring (bicyclic) bond motifs is 2. The molecule has 0 spiro atoms. The van der Waals surface area contributed by atoms with E-state index in [4.69, 9.17) is 9.97 Å². The van der Waals surface area contributed by atoms with Gasteiger partial charge in [0.15, 0.2) is 11.6 Å². The summed E-state index contributed by atoms with van der Waals surface area (Å²) in [6.07, 6.45) is 4.38. The van der Waals surface area contributed by atoms with Gasteiger partial charge < -0.3 is 10.2 Å². The summed E-state index contributed by atoms with van der Waals surface area (Å²) < 4.78 is 0. The molecule has 0 atom stereocenters. The number of aryl methyl sites for hydroxylation is 1. The van der Waals surface area contributed by atoms with Crippen LogP contribution < -0.4 is 10.2 Å². The first-order chi connectivity index (χ1) is 20.3. The van der Waals surface area contributed by atoms with Gasteiger partial charge in [0, 0.05) is 31.1 Å². The topological polar surface area (TPSA) is 68.1 Å². The van der Waals surface area contributed by atoms with Crippen molar-refractivity contribution in [2.45, 2.75) is 31.7 Å². The van der Waals surface area contributed by atoms with Crippen LogP contribution in [0.15, 0.2) is 84.9 Å². The van der Waals surface area contributed by atoms with Crippen LogP contribution in [0.1, 0.15) is 46.0 Å². The first-order valence-electron chi connectivity index (χ1n) is 14.5. The number of thiophene rings is 1. The van der Waals surface area contributed by atoms with Crippen LogP contribution in [-0.2, 0) is 12.8 Å². The number of nitrogens with zero attached hydrogens (tertiary/aromatic N) is 5. The second kappa shape index (κ2) is 11.3. The van der Waals surface area contributed by atoms with Gasteiger partial charge in [0.1, 0.15) is 11.1 Å². The molecule has 6 nitrogen and oxygen atoms in total. The Morgan fingerprint density at radius 3 is 2.02 bits per heavy atom. The van der Waals surface area contributed by atoms with Gasteiger partial charge in [0.2, 0.25) is 0 Å². The number of rotatable bonds is 6. The zero-order chi connectivity index (χ0) is 27.6. The molecule has 7 rings (SSSR count). The van der Waals surface area contributed by atoms with Gasteiger partial charge in [-0.05, 0) is 54.5 Å². The van der Waals surface area contributed by atoms with E-state index >= 15 is 0 Å². The van der Waals surface area contributed by atoms with E-state index in [0.717, 1.165) is 78.7 Å². The van der Waals surface area contributed by atoms with Crippen molar-refractivity contribution in [1.82, 2.24) is 14.9 Å². The SMILES string of the molecule is N#Cc1c(Nc2nc3ccccc3nc2N2CCN(C(c3ccccc3)c3ccccc3)CC2)sc2c1CCCC2. The van der Waals surface area contributed by atoms with E-state index in [9.17, 15) is 5.26 Å². The van der Waals surface area contributed by atoms with Crippen molar-refractivity contribution in [2.75, 3.05) is 36.4 Å². The van der Waals surface area contributed by atoms with Gasteiger partial charge >= 0.3 is 0 Å².